The van der Waals surface area contributed by atoms with Crippen molar-refractivity contribution in [2.24, 2.45) is 17.3 Å². The molecule has 0 heterocycles. The average Bonchev–Trinajstić information content (AvgIpc) is 2.22. The van der Waals surface area contributed by atoms with E-state index in [1.807, 2.05) is 0 Å². The van der Waals surface area contributed by atoms with Gasteiger partial charge in [-0.2, -0.15) is 13.2 Å². The smallest absolute Gasteiger partial charge is 0.471 e. The fourth-order valence-electron chi connectivity index (χ4n) is 5.44. The van der Waals surface area contributed by atoms with Gasteiger partial charge in [0.2, 0.25) is 0 Å². The summed E-state index contributed by atoms with van der Waals surface area (Å²) in [7, 11) is 0. The van der Waals surface area contributed by atoms with Gasteiger partial charge in [0.1, 0.15) is 0 Å². The second-order valence-electron chi connectivity index (χ2n) is 7.26. The van der Waals surface area contributed by atoms with Crippen molar-refractivity contribution < 1.29 is 27.9 Å². The summed E-state index contributed by atoms with van der Waals surface area (Å²) in [5, 5.41) is 11.3. The molecule has 4 rings (SSSR count). The molecule has 0 radical (unpaired) electrons. The van der Waals surface area contributed by atoms with Crippen molar-refractivity contribution in [2.75, 3.05) is 0 Å². The monoisotopic (exact) mass is 305 g/mol. The molecule has 0 aromatic carbocycles. The van der Waals surface area contributed by atoms with Crippen LogP contribution in [0.4, 0.5) is 13.2 Å². The third-order valence-electron chi connectivity index (χ3n) is 5.34. The number of carbonyl (C=O) groups excluding carboxylic acids is 1. The minimum absolute atomic E-state index is 0.0103. The van der Waals surface area contributed by atoms with Crippen molar-refractivity contribution in [3.8, 4) is 0 Å². The molecule has 0 aliphatic heterocycles. The van der Waals surface area contributed by atoms with Crippen molar-refractivity contribution in [3.63, 3.8) is 0 Å². The SMILES string of the molecule is O=C(O)CC12CC3CC(C1)CC(NC(=O)C(F)(F)F)(C3)C2. The van der Waals surface area contributed by atoms with Gasteiger partial charge in [-0.3, -0.25) is 9.59 Å². The van der Waals surface area contributed by atoms with Crippen LogP contribution in [0.3, 0.4) is 0 Å². The number of carboxylic acids is 1. The Morgan fingerprint density at radius 3 is 2.19 bits per heavy atom. The first-order valence-electron chi connectivity index (χ1n) is 7.23. The fourth-order valence-corrected chi connectivity index (χ4v) is 5.44. The number of hydrogen-bond donors (Lipinski definition) is 2. The van der Waals surface area contributed by atoms with Gasteiger partial charge in [0, 0.05) is 5.54 Å². The molecular weight excluding hydrogens is 287 g/mol. The number of aliphatic carboxylic acids is 1. The van der Waals surface area contributed by atoms with Crippen LogP contribution in [0.2, 0.25) is 0 Å². The largest absolute Gasteiger partial charge is 0.481 e. The Balaban J connectivity index is 1.83. The number of alkyl halides is 3. The van der Waals surface area contributed by atoms with Crippen molar-refractivity contribution in [1.82, 2.24) is 5.32 Å². The van der Waals surface area contributed by atoms with E-state index < -0.39 is 29.0 Å². The summed E-state index contributed by atoms with van der Waals surface area (Å²) in [4.78, 5) is 22.4. The molecule has 4 nitrogen and oxygen atoms in total. The topological polar surface area (TPSA) is 66.4 Å². The molecule has 4 fully saturated rings. The zero-order valence-corrected chi connectivity index (χ0v) is 11.5. The van der Waals surface area contributed by atoms with Gasteiger partial charge >= 0.3 is 18.1 Å². The number of amides is 1. The van der Waals surface area contributed by atoms with Crippen LogP contribution in [-0.2, 0) is 9.59 Å². The standard InChI is InChI=1S/C14H18F3NO3/c15-14(16,17)11(21)18-13-4-8-1-9(5-13)3-12(2-8,7-13)6-10(19)20/h8-9H,1-7H2,(H,18,21)(H,19,20). The van der Waals surface area contributed by atoms with Crippen LogP contribution in [0.15, 0.2) is 0 Å². The second-order valence-corrected chi connectivity index (χ2v) is 7.26. The molecule has 21 heavy (non-hydrogen) atoms. The van der Waals surface area contributed by atoms with Gasteiger partial charge in [-0.25, -0.2) is 0 Å². The van der Waals surface area contributed by atoms with E-state index in [-0.39, 0.29) is 18.3 Å². The van der Waals surface area contributed by atoms with E-state index in [0.717, 1.165) is 19.3 Å². The van der Waals surface area contributed by atoms with E-state index in [1.165, 1.54) is 0 Å². The molecule has 118 valence electrons. The summed E-state index contributed by atoms with van der Waals surface area (Å²) in [6, 6.07) is 0. The molecular formula is C14H18F3NO3. The molecule has 0 spiro atoms. The summed E-state index contributed by atoms with van der Waals surface area (Å²) in [6.45, 7) is 0. The molecule has 4 aliphatic carbocycles. The molecule has 0 saturated heterocycles. The second kappa shape index (κ2) is 4.36. The Labute approximate surface area is 120 Å². The molecule has 4 bridgehead atoms. The summed E-state index contributed by atoms with van der Waals surface area (Å²) in [6.07, 6.45) is -0.961. The third-order valence-corrected chi connectivity index (χ3v) is 5.34. The number of halogens is 3. The van der Waals surface area contributed by atoms with E-state index >= 15 is 0 Å². The van der Waals surface area contributed by atoms with Gasteiger partial charge in [0.05, 0.1) is 6.42 Å². The van der Waals surface area contributed by atoms with Crippen LogP contribution in [0, 0.1) is 17.3 Å². The van der Waals surface area contributed by atoms with Gasteiger partial charge < -0.3 is 10.4 Å². The molecule has 1 amide bonds. The molecule has 2 unspecified atom stereocenters. The zero-order chi connectivity index (χ0) is 15.5. The fraction of sp³-hybridized carbons (Fsp3) is 0.857. The number of carbonyl (C=O) groups is 2. The summed E-state index contributed by atoms with van der Waals surface area (Å²) >= 11 is 0. The highest BCUT2D eigenvalue weighted by Crippen LogP contribution is 2.62. The third kappa shape index (κ3) is 2.62. The summed E-state index contributed by atoms with van der Waals surface area (Å²) < 4.78 is 37.6. The molecule has 2 N–H and O–H groups in total. The quantitative estimate of drug-likeness (QED) is 0.842. The number of hydrogen-bond acceptors (Lipinski definition) is 2. The first-order chi connectivity index (χ1) is 9.62. The lowest BCUT2D eigenvalue weighted by molar-refractivity contribution is -0.181. The molecule has 0 aromatic heterocycles. The summed E-state index contributed by atoms with van der Waals surface area (Å²) in [5.74, 6) is -2.33. The highest BCUT2D eigenvalue weighted by molar-refractivity contribution is 5.82. The lowest BCUT2D eigenvalue weighted by atomic mass is 9.46. The normalized spacial score (nSPS) is 41.1. The van der Waals surface area contributed by atoms with E-state index in [4.69, 9.17) is 5.11 Å². The Morgan fingerprint density at radius 1 is 1.14 bits per heavy atom. The van der Waals surface area contributed by atoms with E-state index in [0.29, 0.717) is 19.3 Å². The van der Waals surface area contributed by atoms with Crippen molar-refractivity contribution >= 4 is 11.9 Å². The number of carboxylic acid groups (broad SMARTS) is 1. The molecule has 4 aliphatic rings. The highest BCUT2D eigenvalue weighted by atomic mass is 19.4. The van der Waals surface area contributed by atoms with Gasteiger partial charge in [0.25, 0.3) is 0 Å². The average molecular weight is 305 g/mol. The minimum atomic E-state index is -4.89. The number of nitrogens with one attached hydrogen (secondary N) is 1. The zero-order valence-electron chi connectivity index (χ0n) is 11.5. The predicted molar refractivity (Wildman–Crippen MR) is 66.3 cm³/mol. The number of rotatable bonds is 3. The van der Waals surface area contributed by atoms with Crippen LogP contribution >= 0.6 is 0 Å². The highest BCUT2D eigenvalue weighted by Gasteiger charge is 2.59. The van der Waals surface area contributed by atoms with Crippen LogP contribution in [0.1, 0.15) is 44.9 Å². The molecule has 4 saturated carbocycles. The van der Waals surface area contributed by atoms with Gasteiger partial charge in [-0.1, -0.05) is 0 Å². The van der Waals surface area contributed by atoms with Crippen LogP contribution in [0.5, 0.6) is 0 Å². The Morgan fingerprint density at radius 2 is 1.71 bits per heavy atom. The van der Waals surface area contributed by atoms with Crippen LogP contribution in [0.25, 0.3) is 0 Å². The Hall–Kier alpha value is -1.27. The van der Waals surface area contributed by atoms with E-state index in [9.17, 15) is 22.8 Å². The lowest BCUT2D eigenvalue weighted by Crippen LogP contribution is -2.64. The maximum Gasteiger partial charge on any atom is 0.471 e. The maximum absolute atomic E-state index is 12.5. The van der Waals surface area contributed by atoms with Gasteiger partial charge in [-0.15, -0.1) is 0 Å². The first kappa shape index (κ1) is 14.7. The Kier molecular flexibility index (Phi) is 3.05. The van der Waals surface area contributed by atoms with Gasteiger partial charge in [-0.05, 0) is 55.8 Å². The maximum atomic E-state index is 12.5. The van der Waals surface area contributed by atoms with Crippen molar-refractivity contribution in [2.45, 2.75) is 56.7 Å². The summed E-state index contributed by atoms with van der Waals surface area (Å²) in [5.41, 5.74) is -1.29. The first-order valence-corrected chi connectivity index (χ1v) is 7.23. The Bertz CT molecular complexity index is 474. The lowest BCUT2D eigenvalue weighted by Gasteiger charge is -2.62. The van der Waals surface area contributed by atoms with Crippen LogP contribution in [-0.4, -0.2) is 28.7 Å². The van der Waals surface area contributed by atoms with Crippen molar-refractivity contribution in [3.05, 3.63) is 0 Å². The van der Waals surface area contributed by atoms with Crippen molar-refractivity contribution in [1.29, 1.82) is 0 Å². The van der Waals surface area contributed by atoms with E-state index in [1.54, 1.807) is 0 Å². The van der Waals surface area contributed by atoms with Gasteiger partial charge in [0.15, 0.2) is 0 Å². The molecule has 2 atom stereocenters. The predicted octanol–water partition coefficient (Wildman–Crippen LogP) is 2.48. The minimum Gasteiger partial charge on any atom is -0.481 e. The molecule has 0 aromatic rings. The molecule has 7 heteroatoms. The van der Waals surface area contributed by atoms with E-state index in [2.05, 4.69) is 5.32 Å². The van der Waals surface area contributed by atoms with Crippen LogP contribution < -0.4 is 5.32 Å².